The molecule has 0 nitrogen and oxygen atoms in total. The fourth-order valence-corrected chi connectivity index (χ4v) is 0. The maximum Gasteiger partial charge on any atom is 0.227 e. The molecule has 0 amide bonds. The van der Waals surface area contributed by atoms with Gasteiger partial charge in [0, 0.05) is 0 Å². The average Bonchev–Trinajstić information content (AvgIpc) is 0.722. The van der Waals surface area contributed by atoms with Crippen LogP contribution in [0.5, 0.6) is 0 Å². The molecule has 0 saturated heterocycles. The van der Waals surface area contributed by atoms with Gasteiger partial charge in [-0.25, -0.2) is 0 Å². The van der Waals surface area contributed by atoms with Crippen LogP contribution in [0.25, 0.3) is 0 Å². The Bertz CT molecular complexity index is 23.1. The molecule has 0 spiro atoms. The van der Waals surface area contributed by atoms with Crippen molar-refractivity contribution in [2.24, 2.45) is 0 Å². The quantitative estimate of drug-likeness (QED) is 0.352. The van der Waals surface area contributed by atoms with E-state index in [4.69, 9.17) is 22.2 Å². The Balaban J connectivity index is 3.02. The van der Waals surface area contributed by atoms with Crippen LogP contribution in [0.1, 0.15) is 0 Å². The van der Waals surface area contributed by atoms with E-state index in [1.807, 2.05) is 0 Å². The van der Waals surface area contributed by atoms with E-state index in [0.29, 0.717) is 0 Å². The van der Waals surface area contributed by atoms with Gasteiger partial charge in [-0.1, -0.05) is 0 Å². The number of hydrogen-bond acceptors (Lipinski definition) is 0. The van der Waals surface area contributed by atoms with Gasteiger partial charge in [-0.2, -0.15) is 22.2 Å². The van der Waals surface area contributed by atoms with Crippen LogP contribution in [0.2, 0.25) is 6.55 Å². The summed E-state index contributed by atoms with van der Waals surface area (Å²) in [5.41, 5.74) is 0. The van der Waals surface area contributed by atoms with E-state index in [9.17, 15) is 0 Å². The highest BCUT2D eigenvalue weighted by molar-refractivity contribution is 7.62. The molecule has 4 heteroatoms. The van der Waals surface area contributed by atoms with Gasteiger partial charge >= 0.3 is 0 Å². The molecule has 0 heterocycles. The summed E-state index contributed by atoms with van der Waals surface area (Å²) >= 11 is 10.7. The first kappa shape index (κ1) is 6.01. The van der Waals surface area contributed by atoms with Crippen molar-refractivity contribution in [1.82, 2.24) is 0 Å². The zero-order valence-corrected chi connectivity index (χ0v) is 6.27. The predicted octanol–water partition coefficient (Wildman–Crippen LogP) is 1.20. The summed E-state index contributed by atoms with van der Waals surface area (Å²) in [5.74, 6) is 0. The van der Waals surface area contributed by atoms with E-state index in [0.717, 1.165) is 0 Å². The highest BCUT2D eigenvalue weighted by Gasteiger charge is 2.09. The van der Waals surface area contributed by atoms with Crippen molar-refractivity contribution < 1.29 is 0 Å². The number of rotatable bonds is 0. The van der Waals surface area contributed by atoms with E-state index in [2.05, 4.69) is 9.76 Å². The monoisotopic (exact) mass is 141 g/mol. The molecular weight excluding hydrogens is 139 g/mol. The average molecular weight is 142 g/mol. The fraction of sp³-hybridized carbons (Fsp3) is 1.00. The predicted molar refractivity (Wildman–Crippen MR) is 29.1 cm³/mol. The molecule has 0 aromatic rings. The largest absolute Gasteiger partial charge is 0.227 e. The van der Waals surface area contributed by atoms with Gasteiger partial charge in [0.05, 0.1) is 9.76 Å². The second-order valence-corrected chi connectivity index (χ2v) is 12.7. The minimum atomic E-state index is -1.86. The van der Waals surface area contributed by atoms with Crippen LogP contribution in [0.15, 0.2) is 0 Å². The lowest BCUT2D eigenvalue weighted by Crippen LogP contribution is -2.11. The van der Waals surface area contributed by atoms with Gasteiger partial charge in [-0.15, -0.1) is 0 Å². The standard InChI is InChI=1S/CH3Cl2Si2/c1-5(2,3)4/h1H3. The zero-order valence-electron chi connectivity index (χ0n) is 2.76. The molecule has 0 saturated carbocycles. The molecular formula is CH3Cl2Si2. The summed E-state index contributed by atoms with van der Waals surface area (Å²) in [5, 5.41) is 0. The van der Waals surface area contributed by atoms with Crippen LogP contribution in [-0.4, -0.2) is 16.0 Å². The van der Waals surface area contributed by atoms with Crippen molar-refractivity contribution >= 4 is 38.1 Å². The van der Waals surface area contributed by atoms with E-state index in [1.54, 1.807) is 6.55 Å². The van der Waals surface area contributed by atoms with Gasteiger partial charge < -0.3 is 0 Å². The Morgan fingerprint density at radius 3 is 1.60 bits per heavy atom. The molecule has 0 rings (SSSR count). The first-order chi connectivity index (χ1) is 2.00. The van der Waals surface area contributed by atoms with Gasteiger partial charge in [0.25, 0.3) is 0 Å². The number of halogens is 2. The minimum Gasteiger partial charge on any atom is -0.151 e. The molecule has 0 fully saturated rings. The Labute approximate surface area is 45.1 Å². The van der Waals surface area contributed by atoms with Crippen molar-refractivity contribution in [3.8, 4) is 0 Å². The van der Waals surface area contributed by atoms with Crippen LogP contribution in [0, 0.1) is 0 Å². The van der Waals surface area contributed by atoms with Crippen molar-refractivity contribution in [2.75, 3.05) is 0 Å². The molecule has 0 aliphatic rings. The lowest BCUT2D eigenvalue weighted by Gasteiger charge is -1.93. The Hall–Kier alpha value is 1.01. The molecule has 0 atom stereocenters. The van der Waals surface area contributed by atoms with Gasteiger partial charge in [0.2, 0.25) is 6.21 Å². The first-order valence-electron chi connectivity index (χ1n) is 1.13. The summed E-state index contributed by atoms with van der Waals surface area (Å²) in [7, 11) is 3.09. The molecule has 29 valence electrons. The van der Waals surface area contributed by atoms with Crippen molar-refractivity contribution in [3.05, 3.63) is 0 Å². The normalized spacial score (nSPS) is 12.0. The smallest absolute Gasteiger partial charge is 0.151 e. The van der Waals surface area contributed by atoms with Gasteiger partial charge in [-0.05, 0) is 6.55 Å². The first-order valence-corrected chi connectivity index (χ1v) is 7.15. The van der Waals surface area contributed by atoms with E-state index in [1.165, 1.54) is 0 Å². The van der Waals surface area contributed by atoms with E-state index >= 15 is 0 Å². The highest BCUT2D eigenvalue weighted by atomic mass is 35.7. The molecule has 3 radical (unpaired) electrons. The maximum absolute atomic E-state index is 5.35. The Morgan fingerprint density at radius 1 is 1.60 bits per heavy atom. The lowest BCUT2D eigenvalue weighted by atomic mass is 11.9. The topological polar surface area (TPSA) is 0 Å². The van der Waals surface area contributed by atoms with Gasteiger partial charge in [0.15, 0.2) is 0 Å². The summed E-state index contributed by atoms with van der Waals surface area (Å²) in [6.07, 6.45) is -1.86. The van der Waals surface area contributed by atoms with Gasteiger partial charge in [0.1, 0.15) is 0 Å². The van der Waals surface area contributed by atoms with Crippen LogP contribution in [0.4, 0.5) is 0 Å². The molecule has 0 aliphatic heterocycles. The Kier molecular flexibility index (Phi) is 1.97. The second kappa shape index (κ2) is 1.64. The lowest BCUT2D eigenvalue weighted by molar-refractivity contribution is 2.31. The fourth-order valence-electron chi connectivity index (χ4n) is 0. The summed E-state index contributed by atoms with van der Waals surface area (Å²) in [4.78, 5) is 0. The van der Waals surface area contributed by atoms with Crippen LogP contribution in [-0.2, 0) is 0 Å². The molecule has 5 heavy (non-hydrogen) atoms. The SMILES string of the molecule is C[Si]([Si])(Cl)Cl. The Morgan fingerprint density at radius 2 is 1.60 bits per heavy atom. The third kappa shape index (κ3) is 44.3. The van der Waals surface area contributed by atoms with Crippen LogP contribution in [0.3, 0.4) is 0 Å². The van der Waals surface area contributed by atoms with Gasteiger partial charge in [-0.3, -0.25) is 0 Å². The van der Waals surface area contributed by atoms with E-state index < -0.39 is 6.21 Å². The maximum atomic E-state index is 5.35. The zero-order chi connectivity index (χ0) is 4.50. The van der Waals surface area contributed by atoms with Crippen molar-refractivity contribution in [3.63, 3.8) is 0 Å². The second-order valence-electron chi connectivity index (χ2n) is 0.888. The van der Waals surface area contributed by atoms with Crippen LogP contribution >= 0.6 is 22.2 Å². The van der Waals surface area contributed by atoms with E-state index in [-0.39, 0.29) is 0 Å². The highest BCUT2D eigenvalue weighted by Crippen LogP contribution is 2.05. The molecule has 0 unspecified atom stereocenters. The molecule has 0 aromatic carbocycles. The molecule has 0 N–H and O–H groups in total. The summed E-state index contributed by atoms with van der Waals surface area (Å²) in [6, 6.07) is 0. The third-order valence-electron chi connectivity index (χ3n) is 0. The molecule has 0 aliphatic carbocycles. The van der Waals surface area contributed by atoms with Crippen molar-refractivity contribution in [2.45, 2.75) is 6.55 Å². The molecule has 0 bridgehead atoms. The van der Waals surface area contributed by atoms with Crippen LogP contribution < -0.4 is 0 Å². The van der Waals surface area contributed by atoms with Crippen molar-refractivity contribution in [1.29, 1.82) is 0 Å². The minimum absolute atomic E-state index is 1.77. The number of hydrogen-bond donors (Lipinski definition) is 0. The molecule has 0 aromatic heterocycles. The third-order valence-corrected chi connectivity index (χ3v) is 0. The summed E-state index contributed by atoms with van der Waals surface area (Å²) in [6.45, 7) is 1.77. The summed E-state index contributed by atoms with van der Waals surface area (Å²) < 4.78 is 0.